The van der Waals surface area contributed by atoms with Gasteiger partial charge in [-0.25, -0.2) is 26.3 Å². The highest BCUT2D eigenvalue weighted by Gasteiger charge is 2.46. The highest BCUT2D eigenvalue weighted by Crippen LogP contribution is 2.26. The Morgan fingerprint density at radius 3 is 1.60 bits per heavy atom. The van der Waals surface area contributed by atoms with Crippen LogP contribution in [0, 0.1) is 0 Å². The van der Waals surface area contributed by atoms with Crippen LogP contribution in [0.2, 0.25) is 0 Å². The van der Waals surface area contributed by atoms with Crippen LogP contribution < -0.4 is 0 Å². The van der Waals surface area contributed by atoms with Crippen LogP contribution in [0.3, 0.4) is 0 Å². The van der Waals surface area contributed by atoms with Crippen LogP contribution in [-0.2, 0) is 0 Å². The lowest BCUT2D eigenvalue weighted by atomic mass is 10.2. The van der Waals surface area contributed by atoms with Crippen molar-refractivity contribution in [3.05, 3.63) is 0 Å². The van der Waals surface area contributed by atoms with Gasteiger partial charge in [-0.2, -0.15) is 0 Å². The number of hydrogen-bond donors (Lipinski definition) is 0. The largest absolute Gasteiger partial charge is 0.312 e. The Hall–Kier alpha value is -0.420. The second-order valence-corrected chi connectivity index (χ2v) is 1.63. The Kier molecular flexibility index (Phi) is 2.98. The molecule has 0 aromatic carbocycles. The first-order valence-corrected chi connectivity index (χ1v) is 2.28. The molecule has 1 unspecified atom stereocenters. The summed E-state index contributed by atoms with van der Waals surface area (Å²) in [6, 6.07) is 0. The maximum Gasteiger partial charge on any atom is 0.312 e. The zero-order valence-corrected chi connectivity index (χ0v) is 4.63. The Morgan fingerprint density at radius 1 is 1.10 bits per heavy atom. The summed E-state index contributed by atoms with van der Waals surface area (Å²) in [6.07, 6.45) is -7.55. The first-order chi connectivity index (χ1) is 4.41. The smallest absolute Gasteiger partial charge is 0.244 e. The van der Waals surface area contributed by atoms with Crippen molar-refractivity contribution in [1.82, 2.24) is 0 Å². The molecule has 0 heterocycles. The number of alkyl halides is 6. The standard InChI is InChI=1S/C4H4F6/c5-1-4(9,10)2(6)3(7)8/h2-3H,1H2. The first-order valence-electron chi connectivity index (χ1n) is 2.28. The van der Waals surface area contributed by atoms with E-state index in [0.29, 0.717) is 0 Å². The third-order valence-corrected chi connectivity index (χ3v) is 0.803. The third-order valence-electron chi connectivity index (χ3n) is 0.803. The average Bonchev–Trinajstić information content (AvgIpc) is 1.86. The molecule has 0 saturated carbocycles. The Bertz CT molecular complexity index is 99.9. The van der Waals surface area contributed by atoms with Crippen LogP contribution in [0.15, 0.2) is 0 Å². The molecule has 62 valence electrons. The van der Waals surface area contributed by atoms with Gasteiger partial charge in [0.2, 0.25) is 6.17 Å². The molecule has 0 spiro atoms. The van der Waals surface area contributed by atoms with Gasteiger partial charge in [-0.3, -0.25) is 0 Å². The van der Waals surface area contributed by atoms with E-state index >= 15 is 0 Å². The van der Waals surface area contributed by atoms with Gasteiger partial charge in [-0.05, 0) is 0 Å². The van der Waals surface area contributed by atoms with Crippen molar-refractivity contribution in [3.63, 3.8) is 0 Å². The molecule has 0 saturated heterocycles. The minimum absolute atomic E-state index is 2.40. The minimum atomic E-state index is -4.56. The molecule has 0 amide bonds. The van der Waals surface area contributed by atoms with Crippen LogP contribution >= 0.6 is 0 Å². The molecule has 0 aromatic rings. The summed E-state index contributed by atoms with van der Waals surface area (Å²) in [4.78, 5) is 0. The predicted octanol–water partition coefficient (Wildman–Crippen LogP) is 2.19. The van der Waals surface area contributed by atoms with Crippen molar-refractivity contribution in [3.8, 4) is 0 Å². The van der Waals surface area contributed by atoms with Gasteiger partial charge in [0.1, 0.15) is 0 Å². The normalized spacial score (nSPS) is 15.9. The molecule has 0 bridgehead atoms. The van der Waals surface area contributed by atoms with Crippen LogP contribution in [0.4, 0.5) is 26.3 Å². The highest BCUT2D eigenvalue weighted by atomic mass is 19.3. The van der Waals surface area contributed by atoms with E-state index in [-0.39, 0.29) is 0 Å². The van der Waals surface area contributed by atoms with E-state index in [1.165, 1.54) is 0 Å². The minimum Gasteiger partial charge on any atom is -0.244 e. The molecular formula is C4H4F6. The molecule has 0 aliphatic heterocycles. The molecule has 0 rings (SSSR count). The van der Waals surface area contributed by atoms with Gasteiger partial charge in [0.25, 0.3) is 6.43 Å². The number of rotatable bonds is 3. The second kappa shape index (κ2) is 3.12. The summed E-state index contributed by atoms with van der Waals surface area (Å²) < 4.78 is 67.9. The van der Waals surface area contributed by atoms with Gasteiger partial charge >= 0.3 is 5.92 Å². The van der Waals surface area contributed by atoms with E-state index in [1.54, 1.807) is 0 Å². The maximum absolute atomic E-state index is 11.6. The molecule has 0 radical (unpaired) electrons. The number of halogens is 6. The van der Waals surface area contributed by atoms with Crippen molar-refractivity contribution >= 4 is 0 Å². The van der Waals surface area contributed by atoms with Crippen molar-refractivity contribution < 1.29 is 26.3 Å². The summed E-state index contributed by atoms with van der Waals surface area (Å²) in [6.45, 7) is -2.40. The van der Waals surface area contributed by atoms with Crippen LogP contribution in [0.25, 0.3) is 0 Å². The Morgan fingerprint density at radius 2 is 1.50 bits per heavy atom. The second-order valence-electron chi connectivity index (χ2n) is 1.63. The number of hydrogen-bond acceptors (Lipinski definition) is 0. The monoisotopic (exact) mass is 166 g/mol. The Balaban J connectivity index is 4.03. The van der Waals surface area contributed by atoms with Crippen molar-refractivity contribution in [2.24, 2.45) is 0 Å². The van der Waals surface area contributed by atoms with E-state index in [0.717, 1.165) is 0 Å². The summed E-state index contributed by atoms with van der Waals surface area (Å²) in [5, 5.41) is 0. The van der Waals surface area contributed by atoms with Gasteiger partial charge in [-0.1, -0.05) is 0 Å². The Labute approximate surface area is 52.8 Å². The average molecular weight is 166 g/mol. The first kappa shape index (κ1) is 9.58. The molecule has 0 nitrogen and oxygen atoms in total. The molecule has 0 aromatic heterocycles. The molecule has 1 atom stereocenters. The summed E-state index contributed by atoms with van der Waals surface area (Å²) >= 11 is 0. The fraction of sp³-hybridized carbons (Fsp3) is 1.00. The van der Waals surface area contributed by atoms with E-state index in [2.05, 4.69) is 0 Å². The van der Waals surface area contributed by atoms with Gasteiger partial charge in [0.15, 0.2) is 6.67 Å². The van der Waals surface area contributed by atoms with Crippen molar-refractivity contribution in [2.45, 2.75) is 18.5 Å². The van der Waals surface area contributed by atoms with Crippen LogP contribution in [0.5, 0.6) is 0 Å². The molecule has 0 fully saturated rings. The lowest BCUT2D eigenvalue weighted by Gasteiger charge is -2.15. The fourth-order valence-electron chi connectivity index (χ4n) is 0.258. The lowest BCUT2D eigenvalue weighted by Crippen LogP contribution is -2.37. The zero-order valence-electron chi connectivity index (χ0n) is 4.63. The fourth-order valence-corrected chi connectivity index (χ4v) is 0.258. The summed E-state index contributed by atoms with van der Waals surface area (Å²) in [5.41, 5.74) is 0. The van der Waals surface area contributed by atoms with Crippen molar-refractivity contribution in [1.29, 1.82) is 0 Å². The topological polar surface area (TPSA) is 0 Å². The van der Waals surface area contributed by atoms with Gasteiger partial charge in [0.05, 0.1) is 0 Å². The lowest BCUT2D eigenvalue weighted by molar-refractivity contribution is -0.136. The quantitative estimate of drug-likeness (QED) is 0.563. The van der Waals surface area contributed by atoms with Crippen molar-refractivity contribution in [2.75, 3.05) is 6.67 Å². The van der Waals surface area contributed by atoms with E-state index in [9.17, 15) is 26.3 Å². The molecular weight excluding hydrogens is 162 g/mol. The van der Waals surface area contributed by atoms with Crippen LogP contribution in [-0.4, -0.2) is 25.2 Å². The van der Waals surface area contributed by atoms with Crippen LogP contribution in [0.1, 0.15) is 0 Å². The maximum atomic E-state index is 11.6. The summed E-state index contributed by atoms with van der Waals surface area (Å²) in [7, 11) is 0. The summed E-state index contributed by atoms with van der Waals surface area (Å²) in [5.74, 6) is -4.56. The van der Waals surface area contributed by atoms with Gasteiger partial charge < -0.3 is 0 Å². The van der Waals surface area contributed by atoms with E-state index in [1.807, 2.05) is 0 Å². The van der Waals surface area contributed by atoms with E-state index < -0.39 is 25.2 Å². The van der Waals surface area contributed by atoms with Gasteiger partial charge in [-0.15, -0.1) is 0 Å². The third kappa shape index (κ3) is 2.07. The van der Waals surface area contributed by atoms with E-state index in [4.69, 9.17) is 0 Å². The molecule has 0 aliphatic rings. The highest BCUT2D eigenvalue weighted by molar-refractivity contribution is 4.77. The molecule has 0 aliphatic carbocycles. The zero-order chi connectivity index (χ0) is 8.36. The molecule has 0 N–H and O–H groups in total. The molecule has 6 heteroatoms. The van der Waals surface area contributed by atoms with Gasteiger partial charge in [0, 0.05) is 0 Å². The SMILES string of the molecule is FCC(F)(F)C(F)C(F)F. The predicted molar refractivity (Wildman–Crippen MR) is 21.8 cm³/mol. The molecule has 10 heavy (non-hydrogen) atoms.